The second kappa shape index (κ2) is 7.87. The van der Waals surface area contributed by atoms with Gasteiger partial charge in [0.15, 0.2) is 11.7 Å². The van der Waals surface area contributed by atoms with E-state index in [1.165, 1.54) is 28.4 Å². The third kappa shape index (κ3) is 4.42. The van der Waals surface area contributed by atoms with Crippen LogP contribution >= 0.6 is 11.3 Å². The number of alkyl halides is 3. The fourth-order valence-electron chi connectivity index (χ4n) is 2.40. The second-order valence-corrected chi connectivity index (χ2v) is 6.73. The summed E-state index contributed by atoms with van der Waals surface area (Å²) in [4.78, 5) is 12.4. The van der Waals surface area contributed by atoms with Crippen molar-refractivity contribution in [2.24, 2.45) is 0 Å². The predicted molar refractivity (Wildman–Crippen MR) is 87.8 cm³/mol. The van der Waals surface area contributed by atoms with Crippen molar-refractivity contribution in [3.63, 3.8) is 0 Å². The van der Waals surface area contributed by atoms with E-state index in [0.717, 1.165) is 4.88 Å². The van der Waals surface area contributed by atoms with Gasteiger partial charge in [-0.2, -0.15) is 18.3 Å². The number of esters is 1. The van der Waals surface area contributed by atoms with Gasteiger partial charge in [-0.15, -0.1) is 11.3 Å². The summed E-state index contributed by atoms with van der Waals surface area (Å²) in [6.45, 7) is 1.25. The first-order valence-corrected chi connectivity index (χ1v) is 8.90. The molecule has 0 unspecified atom stereocenters. The van der Waals surface area contributed by atoms with E-state index in [9.17, 15) is 18.0 Å². The largest absolute Gasteiger partial charge is 0.478 e. The Morgan fingerprint density at radius 1 is 1.37 bits per heavy atom. The number of hydrogen-bond acceptors (Lipinski definition) is 7. The Kier molecular flexibility index (Phi) is 5.72. The van der Waals surface area contributed by atoms with Crippen molar-refractivity contribution in [3.05, 3.63) is 35.0 Å². The number of hydrogen-bond donors (Lipinski definition) is 0. The fourth-order valence-corrected chi connectivity index (χ4v) is 3.25. The summed E-state index contributed by atoms with van der Waals surface area (Å²) in [5.41, 5.74) is 0.326. The Morgan fingerprint density at radius 2 is 2.11 bits per heavy atom. The van der Waals surface area contributed by atoms with Gasteiger partial charge >= 0.3 is 17.9 Å². The summed E-state index contributed by atoms with van der Waals surface area (Å²) in [7, 11) is 0. The first-order valence-electron chi connectivity index (χ1n) is 8.09. The first kappa shape index (κ1) is 19.6. The van der Waals surface area contributed by atoms with Crippen LogP contribution in [-0.2, 0) is 20.8 Å². The minimum absolute atomic E-state index is 0.138. The minimum atomic E-state index is -4.69. The number of nitrogens with zero attached hydrogens (tertiary/aromatic N) is 2. The smallest absolute Gasteiger partial charge is 0.447 e. The molecule has 0 aromatic carbocycles. The van der Waals surface area contributed by atoms with E-state index in [4.69, 9.17) is 18.9 Å². The quantitative estimate of drug-likeness (QED) is 0.659. The van der Waals surface area contributed by atoms with Crippen LogP contribution in [0.1, 0.15) is 22.2 Å². The number of carbonyl (C=O) groups excluding carboxylic acids is 1. The van der Waals surface area contributed by atoms with E-state index in [0.29, 0.717) is 17.2 Å². The van der Waals surface area contributed by atoms with E-state index in [1.54, 1.807) is 19.1 Å². The average Bonchev–Trinajstić information content (AvgIpc) is 3.34. The molecule has 0 amide bonds. The lowest BCUT2D eigenvalue weighted by Crippen LogP contribution is -2.51. The van der Waals surface area contributed by atoms with E-state index in [1.807, 2.05) is 0 Å². The number of ether oxygens (including phenoxy) is 4. The van der Waals surface area contributed by atoms with Crippen molar-refractivity contribution in [1.29, 1.82) is 0 Å². The molecule has 1 aliphatic rings. The van der Waals surface area contributed by atoms with Gasteiger partial charge < -0.3 is 18.9 Å². The zero-order valence-corrected chi connectivity index (χ0v) is 15.1. The Labute approximate surface area is 156 Å². The molecule has 0 bridgehead atoms. The molecular weight excluding hydrogens is 389 g/mol. The zero-order chi connectivity index (χ0) is 19.5. The number of thiophene rings is 1. The molecule has 0 N–H and O–H groups in total. The molecule has 1 saturated heterocycles. The van der Waals surface area contributed by atoms with Crippen LogP contribution in [0.25, 0.3) is 0 Å². The van der Waals surface area contributed by atoms with Crippen LogP contribution < -0.4 is 4.74 Å². The molecule has 0 saturated carbocycles. The molecule has 0 spiro atoms. The van der Waals surface area contributed by atoms with Crippen molar-refractivity contribution < 1.29 is 36.9 Å². The summed E-state index contributed by atoms with van der Waals surface area (Å²) >= 11 is 1.17. The highest BCUT2D eigenvalue weighted by atomic mass is 32.1. The number of rotatable bonds is 7. The van der Waals surface area contributed by atoms with Gasteiger partial charge in [0.05, 0.1) is 38.1 Å². The molecule has 11 heteroatoms. The lowest BCUT2D eigenvalue weighted by molar-refractivity contribution is -0.350. The summed E-state index contributed by atoms with van der Waals surface area (Å²) in [6.07, 6.45) is -1.76. The summed E-state index contributed by atoms with van der Waals surface area (Å²) < 4.78 is 60.6. The normalized spacial score (nSPS) is 16.4. The van der Waals surface area contributed by atoms with Crippen LogP contribution in [-0.4, -0.2) is 54.1 Å². The van der Waals surface area contributed by atoms with Gasteiger partial charge in [-0.3, -0.25) is 4.68 Å². The molecule has 3 heterocycles. The van der Waals surface area contributed by atoms with Crippen LogP contribution in [0.2, 0.25) is 0 Å². The van der Waals surface area contributed by atoms with E-state index in [2.05, 4.69) is 5.10 Å². The summed E-state index contributed by atoms with van der Waals surface area (Å²) in [5.74, 6) is -3.19. The molecule has 1 aliphatic heterocycles. The van der Waals surface area contributed by atoms with Crippen molar-refractivity contribution in [2.45, 2.75) is 25.4 Å². The van der Waals surface area contributed by atoms with E-state index >= 15 is 0 Å². The summed E-state index contributed by atoms with van der Waals surface area (Å²) in [6, 6.07) is 3.27. The molecule has 0 atom stereocenters. The predicted octanol–water partition coefficient (Wildman–Crippen LogP) is 2.85. The van der Waals surface area contributed by atoms with Crippen molar-refractivity contribution in [3.8, 4) is 5.06 Å². The van der Waals surface area contributed by atoms with Crippen molar-refractivity contribution in [1.82, 2.24) is 9.78 Å². The topological polar surface area (TPSA) is 71.8 Å². The number of halogens is 3. The third-order valence-corrected chi connectivity index (χ3v) is 4.67. The van der Waals surface area contributed by atoms with Gasteiger partial charge in [0.2, 0.25) is 0 Å². The first-order chi connectivity index (χ1) is 12.8. The monoisotopic (exact) mass is 406 g/mol. The fraction of sp³-hybridized carbons (Fsp3) is 0.500. The molecule has 0 radical (unpaired) electrons. The van der Waals surface area contributed by atoms with Gasteiger partial charge in [-0.25, -0.2) is 4.79 Å². The van der Waals surface area contributed by atoms with Gasteiger partial charge in [-0.05, 0) is 19.1 Å². The lowest BCUT2D eigenvalue weighted by Gasteiger charge is -2.28. The standard InChI is InChI=1S/C16H17F3N2O5S/c1-2-23-14(22)11-7-20-21(8-11)9-12-3-4-13(27-12)24-10-15(16(17,18)19)25-5-6-26-15/h3-4,7-8H,2,5-6,9-10H2,1H3. The van der Waals surface area contributed by atoms with E-state index in [-0.39, 0.29) is 19.8 Å². The van der Waals surface area contributed by atoms with E-state index < -0.39 is 24.5 Å². The molecule has 2 aromatic rings. The summed E-state index contributed by atoms with van der Waals surface area (Å²) in [5, 5.41) is 4.37. The van der Waals surface area contributed by atoms with Crippen LogP contribution in [0.3, 0.4) is 0 Å². The Balaban J connectivity index is 1.60. The Morgan fingerprint density at radius 3 is 2.78 bits per heavy atom. The average molecular weight is 406 g/mol. The van der Waals surface area contributed by atoms with Gasteiger partial charge in [0.1, 0.15) is 0 Å². The van der Waals surface area contributed by atoms with Gasteiger partial charge in [0.25, 0.3) is 0 Å². The molecule has 2 aromatic heterocycles. The molecule has 1 fully saturated rings. The lowest BCUT2D eigenvalue weighted by atomic mass is 10.3. The van der Waals surface area contributed by atoms with Crippen LogP contribution in [0.5, 0.6) is 5.06 Å². The number of carbonyl (C=O) groups is 1. The van der Waals surface area contributed by atoms with Crippen LogP contribution in [0, 0.1) is 0 Å². The van der Waals surface area contributed by atoms with Crippen LogP contribution in [0.4, 0.5) is 13.2 Å². The van der Waals surface area contributed by atoms with Gasteiger partial charge in [-0.1, -0.05) is 0 Å². The molecular formula is C16H17F3N2O5S. The molecule has 7 nitrogen and oxygen atoms in total. The van der Waals surface area contributed by atoms with Crippen molar-refractivity contribution >= 4 is 17.3 Å². The molecule has 3 rings (SSSR count). The van der Waals surface area contributed by atoms with Crippen LogP contribution in [0.15, 0.2) is 24.5 Å². The maximum absolute atomic E-state index is 13.2. The highest BCUT2D eigenvalue weighted by Crippen LogP contribution is 2.38. The highest BCUT2D eigenvalue weighted by Gasteiger charge is 2.61. The van der Waals surface area contributed by atoms with Gasteiger partial charge in [0, 0.05) is 11.1 Å². The second-order valence-electron chi connectivity index (χ2n) is 5.60. The maximum atomic E-state index is 13.2. The Bertz CT molecular complexity index is 783. The molecule has 148 valence electrons. The zero-order valence-electron chi connectivity index (χ0n) is 14.3. The Hall–Kier alpha value is -2.11. The van der Waals surface area contributed by atoms with Crippen molar-refractivity contribution in [2.75, 3.05) is 26.4 Å². The highest BCUT2D eigenvalue weighted by molar-refractivity contribution is 7.13. The maximum Gasteiger partial charge on any atom is 0.447 e. The number of aromatic nitrogens is 2. The SMILES string of the molecule is CCOC(=O)c1cnn(Cc2ccc(OCC3(C(F)(F)F)OCCO3)s2)c1. The third-order valence-electron chi connectivity index (χ3n) is 3.69. The molecule has 27 heavy (non-hydrogen) atoms. The minimum Gasteiger partial charge on any atom is -0.478 e. The molecule has 0 aliphatic carbocycles.